The lowest BCUT2D eigenvalue weighted by Crippen LogP contribution is -1.95. The van der Waals surface area contributed by atoms with Gasteiger partial charge < -0.3 is 4.57 Å². The summed E-state index contributed by atoms with van der Waals surface area (Å²) in [7, 11) is 0. The van der Waals surface area contributed by atoms with Crippen LogP contribution in [-0.4, -0.2) is 14.8 Å². The van der Waals surface area contributed by atoms with Crippen LogP contribution in [0.2, 0.25) is 0 Å². The van der Waals surface area contributed by atoms with E-state index < -0.39 is 0 Å². The van der Waals surface area contributed by atoms with Crippen LogP contribution in [0.15, 0.2) is 35.7 Å². The Morgan fingerprint density at radius 2 is 2.18 bits per heavy atom. The molecule has 1 saturated carbocycles. The van der Waals surface area contributed by atoms with Crippen molar-refractivity contribution in [2.24, 2.45) is 0 Å². The van der Waals surface area contributed by atoms with Crippen molar-refractivity contribution in [2.45, 2.75) is 36.7 Å². The fourth-order valence-electron chi connectivity index (χ4n) is 1.85. The first-order chi connectivity index (χ1) is 8.34. The highest BCUT2D eigenvalue weighted by molar-refractivity contribution is 7.98. The molecule has 88 valence electrons. The molecular formula is C13H15N3S. The Morgan fingerprint density at radius 3 is 2.94 bits per heavy atom. The molecule has 0 aliphatic heterocycles. The lowest BCUT2D eigenvalue weighted by molar-refractivity contribution is 0.663. The van der Waals surface area contributed by atoms with Gasteiger partial charge >= 0.3 is 0 Å². The van der Waals surface area contributed by atoms with E-state index in [0.717, 1.165) is 10.9 Å². The Hall–Kier alpha value is -1.29. The number of nitrogens with zero attached hydrogens (tertiary/aromatic N) is 3. The van der Waals surface area contributed by atoms with Crippen molar-refractivity contribution in [1.82, 2.24) is 14.8 Å². The number of hydrogen-bond acceptors (Lipinski definition) is 3. The zero-order chi connectivity index (χ0) is 11.7. The molecule has 1 fully saturated rings. The molecule has 0 spiro atoms. The molecule has 0 bridgehead atoms. The molecule has 1 aromatic carbocycles. The van der Waals surface area contributed by atoms with E-state index in [2.05, 4.69) is 46.0 Å². The van der Waals surface area contributed by atoms with Crippen LogP contribution >= 0.6 is 11.8 Å². The van der Waals surface area contributed by atoms with Gasteiger partial charge in [0.15, 0.2) is 5.16 Å². The van der Waals surface area contributed by atoms with Crippen molar-refractivity contribution in [3.8, 4) is 0 Å². The quantitative estimate of drug-likeness (QED) is 0.775. The summed E-state index contributed by atoms with van der Waals surface area (Å²) in [5.41, 5.74) is 2.72. The average Bonchev–Trinajstić information content (AvgIpc) is 3.08. The molecule has 0 saturated heterocycles. The average molecular weight is 245 g/mol. The van der Waals surface area contributed by atoms with Gasteiger partial charge in [-0.3, -0.25) is 0 Å². The molecule has 1 aliphatic carbocycles. The van der Waals surface area contributed by atoms with E-state index >= 15 is 0 Å². The molecule has 2 aromatic rings. The molecule has 1 aliphatic rings. The van der Waals surface area contributed by atoms with Gasteiger partial charge in [-0.1, -0.05) is 36.0 Å². The van der Waals surface area contributed by atoms with E-state index in [1.54, 1.807) is 11.8 Å². The summed E-state index contributed by atoms with van der Waals surface area (Å²) < 4.78 is 2.21. The maximum atomic E-state index is 4.20. The number of hydrogen-bond donors (Lipinski definition) is 0. The summed E-state index contributed by atoms with van der Waals surface area (Å²) in [6.45, 7) is 2.15. The third-order valence-electron chi connectivity index (χ3n) is 3.10. The first kappa shape index (κ1) is 10.8. The van der Waals surface area contributed by atoms with Crippen molar-refractivity contribution >= 4 is 11.8 Å². The molecule has 17 heavy (non-hydrogen) atoms. The van der Waals surface area contributed by atoms with E-state index in [4.69, 9.17) is 0 Å². The van der Waals surface area contributed by atoms with Crippen LogP contribution in [0.3, 0.4) is 0 Å². The summed E-state index contributed by atoms with van der Waals surface area (Å²) in [6, 6.07) is 9.16. The van der Waals surface area contributed by atoms with Crippen molar-refractivity contribution in [3.63, 3.8) is 0 Å². The standard InChI is InChI=1S/C13H15N3S/c1-10-4-2-3-5-11(10)8-17-13-15-14-9-16(13)12-6-7-12/h2-5,9,12H,6-8H2,1H3. The monoisotopic (exact) mass is 245 g/mol. The van der Waals surface area contributed by atoms with Crippen molar-refractivity contribution in [3.05, 3.63) is 41.7 Å². The minimum absolute atomic E-state index is 0.657. The zero-order valence-electron chi connectivity index (χ0n) is 9.84. The molecule has 0 amide bonds. The summed E-state index contributed by atoms with van der Waals surface area (Å²) in [5, 5.41) is 9.26. The number of rotatable bonds is 4. The van der Waals surface area contributed by atoms with Crippen LogP contribution in [-0.2, 0) is 5.75 Å². The molecule has 1 heterocycles. The van der Waals surface area contributed by atoms with E-state index in [1.165, 1.54) is 24.0 Å². The SMILES string of the molecule is Cc1ccccc1CSc1nncn1C1CC1. The maximum absolute atomic E-state index is 4.20. The predicted molar refractivity (Wildman–Crippen MR) is 69.0 cm³/mol. The van der Waals surface area contributed by atoms with E-state index in [0.29, 0.717) is 6.04 Å². The Balaban J connectivity index is 1.71. The van der Waals surface area contributed by atoms with E-state index in [9.17, 15) is 0 Å². The highest BCUT2D eigenvalue weighted by atomic mass is 32.2. The predicted octanol–water partition coefficient (Wildman–Crippen LogP) is 3.21. The minimum Gasteiger partial charge on any atom is -0.306 e. The largest absolute Gasteiger partial charge is 0.306 e. The summed E-state index contributed by atoms with van der Waals surface area (Å²) in [5.74, 6) is 0.970. The van der Waals surface area contributed by atoms with Gasteiger partial charge in [0, 0.05) is 11.8 Å². The molecule has 0 atom stereocenters. The minimum atomic E-state index is 0.657. The lowest BCUT2D eigenvalue weighted by atomic mass is 10.1. The second-order valence-corrected chi connectivity index (χ2v) is 5.41. The number of benzene rings is 1. The third-order valence-corrected chi connectivity index (χ3v) is 4.10. The second kappa shape index (κ2) is 4.53. The molecule has 3 nitrogen and oxygen atoms in total. The van der Waals surface area contributed by atoms with Crippen LogP contribution in [0.1, 0.15) is 30.0 Å². The normalized spacial score (nSPS) is 15.1. The molecule has 3 rings (SSSR count). The molecule has 0 radical (unpaired) electrons. The molecule has 4 heteroatoms. The van der Waals surface area contributed by atoms with Gasteiger partial charge in [-0.15, -0.1) is 10.2 Å². The van der Waals surface area contributed by atoms with Gasteiger partial charge in [0.1, 0.15) is 6.33 Å². The van der Waals surface area contributed by atoms with Crippen molar-refractivity contribution in [2.75, 3.05) is 0 Å². The fourth-order valence-corrected chi connectivity index (χ4v) is 2.91. The van der Waals surface area contributed by atoms with Gasteiger partial charge in [-0.25, -0.2) is 0 Å². The second-order valence-electron chi connectivity index (χ2n) is 4.47. The summed E-state index contributed by atoms with van der Waals surface area (Å²) in [6.07, 6.45) is 4.41. The van der Waals surface area contributed by atoms with Crippen LogP contribution in [0.4, 0.5) is 0 Å². The van der Waals surface area contributed by atoms with Crippen molar-refractivity contribution in [1.29, 1.82) is 0 Å². The lowest BCUT2D eigenvalue weighted by Gasteiger charge is -2.06. The Labute approximate surface area is 105 Å². The Kier molecular flexibility index (Phi) is 2.89. The van der Waals surface area contributed by atoms with Crippen molar-refractivity contribution < 1.29 is 0 Å². The highest BCUT2D eigenvalue weighted by Crippen LogP contribution is 2.37. The zero-order valence-corrected chi connectivity index (χ0v) is 10.7. The fraction of sp³-hybridized carbons (Fsp3) is 0.385. The first-order valence-electron chi connectivity index (χ1n) is 5.91. The third kappa shape index (κ3) is 2.36. The van der Waals surface area contributed by atoms with Gasteiger partial charge in [0.05, 0.1) is 0 Å². The van der Waals surface area contributed by atoms with Crippen LogP contribution in [0.5, 0.6) is 0 Å². The number of aromatic nitrogens is 3. The van der Waals surface area contributed by atoms with Gasteiger partial charge in [-0.05, 0) is 30.9 Å². The molecule has 1 aromatic heterocycles. The van der Waals surface area contributed by atoms with Gasteiger partial charge in [0.2, 0.25) is 0 Å². The van der Waals surface area contributed by atoms with E-state index in [-0.39, 0.29) is 0 Å². The van der Waals surface area contributed by atoms with Crippen LogP contribution in [0, 0.1) is 6.92 Å². The summed E-state index contributed by atoms with van der Waals surface area (Å²) in [4.78, 5) is 0. The highest BCUT2D eigenvalue weighted by Gasteiger charge is 2.26. The topological polar surface area (TPSA) is 30.7 Å². The van der Waals surface area contributed by atoms with E-state index in [1.807, 2.05) is 6.33 Å². The van der Waals surface area contributed by atoms with Gasteiger partial charge in [0.25, 0.3) is 0 Å². The first-order valence-corrected chi connectivity index (χ1v) is 6.90. The maximum Gasteiger partial charge on any atom is 0.191 e. The summed E-state index contributed by atoms with van der Waals surface area (Å²) >= 11 is 1.78. The molecule has 0 unspecified atom stereocenters. The van der Waals surface area contributed by atoms with Crippen LogP contribution < -0.4 is 0 Å². The van der Waals surface area contributed by atoms with Gasteiger partial charge in [-0.2, -0.15) is 0 Å². The Bertz CT molecular complexity index is 517. The Morgan fingerprint density at radius 1 is 1.35 bits per heavy atom. The van der Waals surface area contributed by atoms with Crippen LogP contribution in [0.25, 0.3) is 0 Å². The molecule has 0 N–H and O–H groups in total. The smallest absolute Gasteiger partial charge is 0.191 e. The number of thioether (sulfide) groups is 1. The molecular weight excluding hydrogens is 230 g/mol. The number of aryl methyl sites for hydroxylation is 1.